The molecule has 104 valence electrons. The molecular formula is C14H17BN2O3. The van der Waals surface area contributed by atoms with E-state index < -0.39 is 7.12 Å². The summed E-state index contributed by atoms with van der Waals surface area (Å²) in [6.07, 6.45) is 3.21. The van der Waals surface area contributed by atoms with Gasteiger partial charge in [-0.05, 0) is 45.3 Å². The Morgan fingerprint density at radius 1 is 1.15 bits per heavy atom. The average Bonchev–Trinajstić information content (AvgIpc) is 2.58. The van der Waals surface area contributed by atoms with Crippen molar-refractivity contribution >= 4 is 18.2 Å². The lowest BCUT2D eigenvalue weighted by molar-refractivity contribution is 0.00578. The molecule has 0 aromatic carbocycles. The molecule has 0 amide bonds. The smallest absolute Gasteiger partial charge is 0.399 e. The van der Waals surface area contributed by atoms with Gasteiger partial charge in [0.25, 0.3) is 5.56 Å². The number of pyridine rings is 1. The van der Waals surface area contributed by atoms with Crippen LogP contribution in [0.5, 0.6) is 0 Å². The van der Waals surface area contributed by atoms with E-state index in [4.69, 9.17) is 9.31 Å². The molecule has 1 aliphatic rings. The van der Waals surface area contributed by atoms with E-state index in [2.05, 4.69) is 4.98 Å². The van der Waals surface area contributed by atoms with Gasteiger partial charge in [0, 0.05) is 18.5 Å². The number of nitrogens with zero attached hydrogens (tertiary/aromatic N) is 2. The van der Waals surface area contributed by atoms with Crippen LogP contribution in [0.3, 0.4) is 0 Å². The van der Waals surface area contributed by atoms with Gasteiger partial charge in [-0.15, -0.1) is 0 Å². The van der Waals surface area contributed by atoms with E-state index in [1.54, 1.807) is 6.20 Å². The third-order valence-corrected chi connectivity index (χ3v) is 4.15. The van der Waals surface area contributed by atoms with Gasteiger partial charge in [-0.1, -0.05) is 0 Å². The molecule has 6 heteroatoms. The zero-order chi connectivity index (χ0) is 14.5. The Bertz CT molecular complexity index is 708. The van der Waals surface area contributed by atoms with Gasteiger partial charge >= 0.3 is 7.12 Å². The first-order valence-electron chi connectivity index (χ1n) is 6.63. The maximum Gasteiger partial charge on any atom is 0.495 e. The molecule has 2 aromatic heterocycles. The molecule has 3 rings (SSSR count). The molecule has 2 aromatic rings. The second-order valence-corrected chi connectivity index (χ2v) is 6.06. The summed E-state index contributed by atoms with van der Waals surface area (Å²) in [7, 11) is -0.442. The molecule has 0 unspecified atom stereocenters. The minimum absolute atomic E-state index is 0.101. The Labute approximate surface area is 117 Å². The van der Waals surface area contributed by atoms with Crippen molar-refractivity contribution in [2.45, 2.75) is 38.9 Å². The van der Waals surface area contributed by atoms with Crippen LogP contribution in [0, 0.1) is 0 Å². The highest BCUT2D eigenvalue weighted by molar-refractivity contribution is 6.62. The fraction of sp³-hybridized carbons (Fsp3) is 0.429. The van der Waals surface area contributed by atoms with Gasteiger partial charge in [-0.2, -0.15) is 0 Å². The van der Waals surface area contributed by atoms with E-state index in [1.165, 1.54) is 16.7 Å². The molecule has 5 nitrogen and oxygen atoms in total. The normalized spacial score (nSPS) is 20.5. The summed E-state index contributed by atoms with van der Waals surface area (Å²) in [4.78, 5) is 15.9. The molecule has 1 aliphatic heterocycles. The zero-order valence-corrected chi connectivity index (χ0v) is 12.1. The molecule has 0 radical (unpaired) electrons. The Balaban J connectivity index is 2.03. The van der Waals surface area contributed by atoms with Crippen LogP contribution in [0.25, 0.3) is 5.65 Å². The molecule has 20 heavy (non-hydrogen) atoms. The SMILES string of the molecule is CC1(C)OB(c2ccn3c(=O)ccnc3c2)OC1(C)C. The van der Waals surface area contributed by atoms with Crippen LogP contribution in [-0.2, 0) is 9.31 Å². The highest BCUT2D eigenvalue weighted by Crippen LogP contribution is 2.36. The van der Waals surface area contributed by atoms with E-state index in [9.17, 15) is 4.79 Å². The van der Waals surface area contributed by atoms with Crippen LogP contribution < -0.4 is 11.0 Å². The fourth-order valence-electron chi connectivity index (χ4n) is 2.17. The molecule has 0 saturated carbocycles. The van der Waals surface area contributed by atoms with Crippen LogP contribution in [0.1, 0.15) is 27.7 Å². The lowest BCUT2D eigenvalue weighted by Crippen LogP contribution is -2.41. The van der Waals surface area contributed by atoms with Gasteiger partial charge in [0.2, 0.25) is 0 Å². The zero-order valence-electron chi connectivity index (χ0n) is 12.1. The van der Waals surface area contributed by atoms with Crippen molar-refractivity contribution in [2.75, 3.05) is 0 Å². The van der Waals surface area contributed by atoms with Crippen LogP contribution >= 0.6 is 0 Å². The van der Waals surface area contributed by atoms with Crippen LogP contribution in [-0.4, -0.2) is 27.7 Å². The third kappa shape index (κ3) is 1.96. The maximum atomic E-state index is 11.7. The standard InChI is InChI=1S/C14H17BN2O3/c1-13(2)14(3,4)20-15(19-13)10-6-8-17-11(9-10)16-7-5-12(17)18/h5-9H,1-4H3. The second kappa shape index (κ2) is 4.17. The Kier molecular flexibility index (Phi) is 2.78. The number of fused-ring (bicyclic) bond motifs is 1. The van der Waals surface area contributed by atoms with Crippen LogP contribution in [0.15, 0.2) is 35.4 Å². The average molecular weight is 272 g/mol. The van der Waals surface area contributed by atoms with Gasteiger partial charge in [-0.3, -0.25) is 9.20 Å². The highest BCUT2D eigenvalue weighted by atomic mass is 16.7. The van der Waals surface area contributed by atoms with Crippen molar-refractivity contribution < 1.29 is 9.31 Å². The molecule has 0 bridgehead atoms. The summed E-state index contributed by atoms with van der Waals surface area (Å²) < 4.78 is 13.5. The number of hydrogen-bond donors (Lipinski definition) is 0. The van der Waals surface area contributed by atoms with Crippen LogP contribution in [0.4, 0.5) is 0 Å². The van der Waals surface area contributed by atoms with Crippen molar-refractivity contribution in [1.82, 2.24) is 9.38 Å². The second-order valence-electron chi connectivity index (χ2n) is 6.06. The molecule has 0 N–H and O–H groups in total. The first-order valence-corrected chi connectivity index (χ1v) is 6.63. The Morgan fingerprint density at radius 2 is 1.80 bits per heavy atom. The van der Waals surface area contributed by atoms with Gasteiger partial charge in [-0.25, -0.2) is 4.98 Å². The Morgan fingerprint density at radius 3 is 2.45 bits per heavy atom. The summed E-state index contributed by atoms with van der Waals surface area (Å²) in [6, 6.07) is 5.09. The predicted octanol–water partition coefficient (Wildman–Crippen LogP) is 0.994. The van der Waals surface area contributed by atoms with Crippen molar-refractivity contribution in [2.24, 2.45) is 0 Å². The fourth-order valence-corrected chi connectivity index (χ4v) is 2.17. The summed E-state index contributed by atoms with van der Waals surface area (Å²) in [5.41, 5.74) is 0.586. The summed E-state index contributed by atoms with van der Waals surface area (Å²) in [5, 5.41) is 0. The lowest BCUT2D eigenvalue weighted by Gasteiger charge is -2.32. The van der Waals surface area contributed by atoms with Crippen molar-refractivity contribution in [3.8, 4) is 0 Å². The molecule has 3 heterocycles. The molecule has 0 atom stereocenters. The summed E-state index contributed by atoms with van der Waals surface area (Å²) >= 11 is 0. The molecule has 1 fully saturated rings. The van der Waals surface area contributed by atoms with Crippen molar-refractivity contribution in [1.29, 1.82) is 0 Å². The summed E-state index contributed by atoms with van der Waals surface area (Å²) in [6.45, 7) is 8.04. The maximum absolute atomic E-state index is 11.7. The lowest BCUT2D eigenvalue weighted by atomic mass is 9.80. The van der Waals surface area contributed by atoms with E-state index in [0.29, 0.717) is 5.65 Å². The Hall–Kier alpha value is -1.66. The largest absolute Gasteiger partial charge is 0.495 e. The predicted molar refractivity (Wildman–Crippen MR) is 77.2 cm³/mol. The van der Waals surface area contributed by atoms with E-state index >= 15 is 0 Å². The third-order valence-electron chi connectivity index (χ3n) is 4.15. The quantitative estimate of drug-likeness (QED) is 0.726. The molecule has 0 aliphatic carbocycles. The number of aromatic nitrogens is 2. The van der Waals surface area contributed by atoms with Gasteiger partial charge in [0.1, 0.15) is 5.65 Å². The molecule has 0 spiro atoms. The van der Waals surface area contributed by atoms with Crippen LogP contribution in [0.2, 0.25) is 0 Å². The number of rotatable bonds is 1. The topological polar surface area (TPSA) is 52.8 Å². The van der Waals surface area contributed by atoms with Gasteiger partial charge in [0.05, 0.1) is 11.2 Å². The molecular weight excluding hydrogens is 255 g/mol. The van der Waals surface area contributed by atoms with E-state index in [0.717, 1.165) is 5.46 Å². The summed E-state index contributed by atoms with van der Waals surface area (Å²) in [5.74, 6) is 0. The minimum Gasteiger partial charge on any atom is -0.399 e. The molecule has 1 saturated heterocycles. The van der Waals surface area contributed by atoms with Crippen molar-refractivity contribution in [3.05, 3.63) is 40.9 Å². The number of hydrogen-bond acceptors (Lipinski definition) is 4. The first-order chi connectivity index (χ1) is 9.30. The highest BCUT2D eigenvalue weighted by Gasteiger charge is 2.51. The monoisotopic (exact) mass is 272 g/mol. The van der Waals surface area contributed by atoms with Gasteiger partial charge < -0.3 is 9.31 Å². The van der Waals surface area contributed by atoms with Gasteiger partial charge in [0.15, 0.2) is 0 Å². The van der Waals surface area contributed by atoms with Crippen molar-refractivity contribution in [3.63, 3.8) is 0 Å². The van der Waals surface area contributed by atoms with E-state index in [1.807, 2.05) is 39.8 Å². The van der Waals surface area contributed by atoms with E-state index in [-0.39, 0.29) is 16.8 Å². The first kappa shape index (κ1) is 13.3. The minimum atomic E-state index is -0.442.